The van der Waals surface area contributed by atoms with Gasteiger partial charge in [0.25, 0.3) is 0 Å². The predicted molar refractivity (Wildman–Crippen MR) is 69.9 cm³/mol. The average Bonchev–Trinajstić information content (AvgIpc) is 2.29. The van der Waals surface area contributed by atoms with Crippen LogP contribution in [0.5, 0.6) is 0 Å². The summed E-state index contributed by atoms with van der Waals surface area (Å²) in [7, 11) is 1.56. The SMILES string of the molecule is COCCNC(=O)C(C)NC(=O)C(CN)C(C)C. The number of methoxy groups -OCH3 is 1. The summed E-state index contributed by atoms with van der Waals surface area (Å²) in [6.07, 6.45) is 0. The fraction of sp³-hybridized carbons (Fsp3) is 0.833. The molecular weight excluding hydrogens is 234 g/mol. The van der Waals surface area contributed by atoms with Gasteiger partial charge in [-0.2, -0.15) is 0 Å². The van der Waals surface area contributed by atoms with Crippen LogP contribution in [0.2, 0.25) is 0 Å². The van der Waals surface area contributed by atoms with Crippen LogP contribution >= 0.6 is 0 Å². The molecule has 0 aromatic carbocycles. The van der Waals surface area contributed by atoms with E-state index in [1.165, 1.54) is 0 Å². The molecule has 0 aromatic rings. The fourth-order valence-corrected chi connectivity index (χ4v) is 1.50. The van der Waals surface area contributed by atoms with Crippen LogP contribution in [0.1, 0.15) is 20.8 Å². The van der Waals surface area contributed by atoms with E-state index in [4.69, 9.17) is 10.5 Å². The number of rotatable bonds is 8. The lowest BCUT2D eigenvalue weighted by atomic mass is 9.95. The van der Waals surface area contributed by atoms with Gasteiger partial charge in [-0.1, -0.05) is 13.8 Å². The molecule has 18 heavy (non-hydrogen) atoms. The molecule has 0 bridgehead atoms. The van der Waals surface area contributed by atoms with Crippen LogP contribution in [-0.2, 0) is 14.3 Å². The maximum Gasteiger partial charge on any atom is 0.242 e. The zero-order valence-corrected chi connectivity index (χ0v) is 11.7. The molecule has 6 heteroatoms. The van der Waals surface area contributed by atoms with E-state index in [0.29, 0.717) is 13.2 Å². The molecule has 4 N–H and O–H groups in total. The van der Waals surface area contributed by atoms with Gasteiger partial charge >= 0.3 is 0 Å². The summed E-state index contributed by atoms with van der Waals surface area (Å²) in [5.41, 5.74) is 5.55. The van der Waals surface area contributed by atoms with E-state index in [1.807, 2.05) is 13.8 Å². The molecule has 0 aliphatic heterocycles. The average molecular weight is 259 g/mol. The van der Waals surface area contributed by atoms with Crippen molar-refractivity contribution in [3.63, 3.8) is 0 Å². The standard InChI is InChI=1S/C12H25N3O3/c1-8(2)10(7-13)12(17)15-9(3)11(16)14-5-6-18-4/h8-10H,5-7,13H2,1-4H3,(H,14,16)(H,15,17). The predicted octanol–water partition coefficient (Wildman–Crippen LogP) is -0.515. The minimum absolute atomic E-state index is 0.152. The summed E-state index contributed by atoms with van der Waals surface area (Å²) in [5.74, 6) is -0.514. The highest BCUT2D eigenvalue weighted by molar-refractivity contribution is 5.88. The van der Waals surface area contributed by atoms with E-state index in [2.05, 4.69) is 10.6 Å². The van der Waals surface area contributed by atoms with Crippen molar-refractivity contribution in [1.29, 1.82) is 0 Å². The van der Waals surface area contributed by atoms with Crippen molar-refractivity contribution in [1.82, 2.24) is 10.6 Å². The zero-order valence-electron chi connectivity index (χ0n) is 11.7. The molecule has 2 unspecified atom stereocenters. The number of amides is 2. The third-order valence-electron chi connectivity index (χ3n) is 2.75. The van der Waals surface area contributed by atoms with Crippen molar-refractivity contribution < 1.29 is 14.3 Å². The van der Waals surface area contributed by atoms with Crippen LogP contribution in [0.4, 0.5) is 0 Å². The monoisotopic (exact) mass is 259 g/mol. The second-order valence-electron chi connectivity index (χ2n) is 4.60. The number of carbonyl (C=O) groups excluding carboxylic acids is 2. The molecule has 0 fully saturated rings. The summed E-state index contributed by atoms with van der Waals surface area (Å²) in [6, 6.07) is -0.567. The quantitative estimate of drug-likeness (QED) is 0.512. The van der Waals surface area contributed by atoms with Crippen molar-refractivity contribution in [3.8, 4) is 0 Å². The molecule has 0 saturated carbocycles. The van der Waals surface area contributed by atoms with Crippen molar-refractivity contribution in [2.75, 3.05) is 26.8 Å². The first-order chi connectivity index (χ1) is 8.43. The Labute approximate surface area is 109 Å². The first-order valence-electron chi connectivity index (χ1n) is 6.21. The third-order valence-corrected chi connectivity index (χ3v) is 2.75. The Hall–Kier alpha value is -1.14. The van der Waals surface area contributed by atoms with E-state index < -0.39 is 6.04 Å². The smallest absolute Gasteiger partial charge is 0.242 e. The van der Waals surface area contributed by atoms with Gasteiger partial charge in [0.05, 0.1) is 12.5 Å². The molecular formula is C12H25N3O3. The van der Waals surface area contributed by atoms with Gasteiger partial charge in [-0.05, 0) is 12.8 Å². The van der Waals surface area contributed by atoms with Crippen molar-refractivity contribution in [2.24, 2.45) is 17.6 Å². The highest BCUT2D eigenvalue weighted by atomic mass is 16.5. The molecule has 0 aliphatic carbocycles. The van der Waals surface area contributed by atoms with Gasteiger partial charge in [-0.25, -0.2) is 0 Å². The Bertz CT molecular complexity index is 269. The molecule has 2 amide bonds. The summed E-state index contributed by atoms with van der Waals surface area (Å²) < 4.78 is 4.82. The first kappa shape index (κ1) is 16.9. The Morgan fingerprint density at radius 1 is 1.22 bits per heavy atom. The summed E-state index contributed by atoms with van der Waals surface area (Å²) in [5, 5.41) is 5.33. The van der Waals surface area contributed by atoms with E-state index in [1.54, 1.807) is 14.0 Å². The molecule has 0 aromatic heterocycles. The molecule has 2 atom stereocenters. The largest absolute Gasteiger partial charge is 0.383 e. The normalized spacial score (nSPS) is 14.1. The number of ether oxygens (including phenoxy) is 1. The van der Waals surface area contributed by atoms with Crippen LogP contribution < -0.4 is 16.4 Å². The number of hydrogen-bond donors (Lipinski definition) is 3. The van der Waals surface area contributed by atoms with E-state index in [0.717, 1.165) is 0 Å². The van der Waals surface area contributed by atoms with Crippen molar-refractivity contribution in [3.05, 3.63) is 0 Å². The number of nitrogens with two attached hydrogens (primary N) is 1. The van der Waals surface area contributed by atoms with Crippen LogP contribution in [0.25, 0.3) is 0 Å². The van der Waals surface area contributed by atoms with E-state index in [-0.39, 0.29) is 30.2 Å². The van der Waals surface area contributed by atoms with Gasteiger partial charge in [-0.15, -0.1) is 0 Å². The highest BCUT2D eigenvalue weighted by Crippen LogP contribution is 2.09. The molecule has 0 radical (unpaired) electrons. The second kappa shape index (κ2) is 8.88. The van der Waals surface area contributed by atoms with Crippen molar-refractivity contribution in [2.45, 2.75) is 26.8 Å². The molecule has 0 heterocycles. The molecule has 0 aliphatic rings. The molecule has 0 rings (SSSR count). The lowest BCUT2D eigenvalue weighted by molar-refractivity contribution is -0.131. The van der Waals surface area contributed by atoms with Crippen LogP contribution in [0.15, 0.2) is 0 Å². The first-order valence-corrected chi connectivity index (χ1v) is 6.21. The molecule has 0 spiro atoms. The number of carbonyl (C=O) groups is 2. The summed E-state index contributed by atoms with van der Waals surface area (Å²) in [6.45, 7) is 6.67. The number of nitrogens with one attached hydrogen (secondary N) is 2. The Balaban J connectivity index is 4.16. The third kappa shape index (κ3) is 5.97. The number of hydrogen-bond acceptors (Lipinski definition) is 4. The van der Waals surface area contributed by atoms with Crippen molar-refractivity contribution >= 4 is 11.8 Å². The Morgan fingerprint density at radius 2 is 1.83 bits per heavy atom. The summed E-state index contributed by atoms with van der Waals surface area (Å²) >= 11 is 0. The maximum absolute atomic E-state index is 11.9. The fourth-order valence-electron chi connectivity index (χ4n) is 1.50. The summed E-state index contributed by atoms with van der Waals surface area (Å²) in [4.78, 5) is 23.5. The molecule has 0 saturated heterocycles. The van der Waals surface area contributed by atoms with Gasteiger partial charge < -0.3 is 21.1 Å². The minimum atomic E-state index is -0.567. The maximum atomic E-state index is 11.9. The van der Waals surface area contributed by atoms with E-state index >= 15 is 0 Å². The lowest BCUT2D eigenvalue weighted by Crippen LogP contribution is -2.49. The van der Waals surface area contributed by atoms with E-state index in [9.17, 15) is 9.59 Å². The second-order valence-corrected chi connectivity index (χ2v) is 4.60. The lowest BCUT2D eigenvalue weighted by Gasteiger charge is -2.21. The van der Waals surface area contributed by atoms with Gasteiger partial charge in [-0.3, -0.25) is 9.59 Å². The Morgan fingerprint density at radius 3 is 2.28 bits per heavy atom. The van der Waals surface area contributed by atoms with Crippen LogP contribution in [0.3, 0.4) is 0 Å². The molecule has 106 valence electrons. The van der Waals surface area contributed by atoms with Crippen LogP contribution in [0, 0.1) is 11.8 Å². The van der Waals surface area contributed by atoms with Gasteiger partial charge in [0.1, 0.15) is 6.04 Å². The molecule has 6 nitrogen and oxygen atoms in total. The van der Waals surface area contributed by atoms with Crippen LogP contribution in [-0.4, -0.2) is 44.7 Å². The minimum Gasteiger partial charge on any atom is -0.383 e. The van der Waals surface area contributed by atoms with Gasteiger partial charge in [0, 0.05) is 20.2 Å². The highest BCUT2D eigenvalue weighted by Gasteiger charge is 2.23. The zero-order chi connectivity index (χ0) is 14.1. The van der Waals surface area contributed by atoms with Gasteiger partial charge in [0.15, 0.2) is 0 Å². The Kier molecular flexibility index (Phi) is 8.32. The van der Waals surface area contributed by atoms with Gasteiger partial charge in [0.2, 0.25) is 11.8 Å². The topological polar surface area (TPSA) is 93.5 Å².